The number of aromatic nitrogens is 8. The Morgan fingerprint density at radius 1 is 0.158 bits per heavy atom. The molecular formula is C124H72N8Pd. The fourth-order valence-corrected chi connectivity index (χ4v) is 22.5. The molecular weight excluding hydrogens is 1710 g/mol. The van der Waals surface area contributed by atoms with Crippen LogP contribution in [0.15, 0.2) is 437 Å². The SMILES string of the molecule is [Pd+2].c1ccc(-n2c3ccccc3c3cc(-c4c5nc(c(-c6ccc7c(c6)c6ccccc6n7-c6ccccc6)c6[n-]c(c(-c7ccc8c(c7)c7ccccc7n8-c7ccccc7)c7nc(c(-c8ccc9c(c8)c8ccccc8n9-c8ccccc8)c8[n-]c4c4cc9ccccc9cc84)-c4cc8ccccc8cc4-7)c4cc7ccccc7cc64)-c4cc6ccccc6cc4-5)ccc32)cc1. The van der Waals surface area contributed by atoms with Crippen LogP contribution in [0.5, 0.6) is 0 Å². The molecule has 26 aromatic rings. The molecule has 6 aromatic heterocycles. The van der Waals surface area contributed by atoms with Crippen LogP contribution in [0.3, 0.4) is 0 Å². The van der Waals surface area contributed by atoms with Crippen molar-refractivity contribution in [3.63, 3.8) is 0 Å². The standard InChI is InChI=1S/C124H72N8.Pd/c1-5-37-85(38-6-1)129-105-49-25-21-45-89(105)93-69-81(53-57-109(93)129)113-117-97-61-73-29-13-15-31-75(73)63-99(97)119(125-117)114(82-54-58-110-94(70-82)90-46-22-26-50-106(90)130(110)86-39-7-2-8-40-86)121-101-65-77-33-17-19-35-79(77)67-103(101)123(127-121)116(84-56-60-112-96(72-84)92-48-24-28-52-108(92)132(112)88-43-11-4-12-44-88)124-104-68-80-36-20-18-34-78(80)66-102(104)122(128-124)115(120-100-64-76-32-16-14-30-74(76)62-98(100)118(113)126-120)83-55-59-111-95(71-83)91-47-23-27-51-107(91)131(111)87-41-9-3-10-42-87;/h1-72H;/q-2;+2. The van der Waals surface area contributed by atoms with Crippen molar-refractivity contribution in [2.45, 2.75) is 0 Å². The molecule has 8 heterocycles. The van der Waals surface area contributed by atoms with Gasteiger partial charge in [-0.15, -0.1) is 22.1 Å². The smallest absolute Gasteiger partial charge is 0.656 e. The second-order valence-corrected chi connectivity index (χ2v) is 35.4. The van der Waals surface area contributed by atoms with Gasteiger partial charge in [-0.1, -0.05) is 267 Å². The van der Waals surface area contributed by atoms with Gasteiger partial charge in [0.25, 0.3) is 0 Å². The molecule has 0 saturated heterocycles. The summed E-state index contributed by atoms with van der Waals surface area (Å²) in [5.74, 6) is 0. The molecule has 1 aliphatic carbocycles. The van der Waals surface area contributed by atoms with Crippen LogP contribution in [0.2, 0.25) is 0 Å². The minimum absolute atomic E-state index is 0. The molecule has 0 amide bonds. The van der Waals surface area contributed by atoms with Crippen LogP contribution in [-0.2, 0) is 20.4 Å². The Bertz CT molecular complexity index is 8800. The molecule has 0 atom stereocenters. The monoisotopic (exact) mass is 1780 g/mol. The molecule has 618 valence electrons. The van der Waals surface area contributed by atoms with E-state index in [9.17, 15) is 0 Å². The van der Waals surface area contributed by atoms with Crippen LogP contribution in [0.1, 0.15) is 0 Å². The van der Waals surface area contributed by atoms with Crippen molar-refractivity contribution < 1.29 is 20.4 Å². The summed E-state index contributed by atoms with van der Waals surface area (Å²) >= 11 is 0. The minimum Gasteiger partial charge on any atom is -0.656 e. The van der Waals surface area contributed by atoms with E-state index in [0.717, 1.165) is 286 Å². The van der Waals surface area contributed by atoms with E-state index in [1.54, 1.807) is 0 Å². The third-order valence-electron chi connectivity index (χ3n) is 28.3. The molecule has 0 radical (unpaired) electrons. The molecule has 0 unspecified atom stereocenters. The molecule has 0 N–H and O–H groups in total. The Kier molecular flexibility index (Phi) is 16.3. The van der Waals surface area contributed by atoms with Crippen molar-refractivity contribution in [2.24, 2.45) is 0 Å². The second kappa shape index (κ2) is 29.0. The van der Waals surface area contributed by atoms with Gasteiger partial charge in [-0.3, -0.25) is 0 Å². The quantitative estimate of drug-likeness (QED) is 0.142. The van der Waals surface area contributed by atoms with E-state index in [2.05, 4.69) is 455 Å². The Hall–Kier alpha value is -17.1. The summed E-state index contributed by atoms with van der Waals surface area (Å²) in [6, 6.07) is 162. The average Bonchev–Trinajstić information content (AvgIpc) is 1.54. The van der Waals surface area contributed by atoms with E-state index in [-0.39, 0.29) is 20.4 Å². The van der Waals surface area contributed by atoms with Gasteiger partial charge in [-0.2, -0.15) is 0 Å². The van der Waals surface area contributed by atoms with Gasteiger partial charge in [0.05, 0.1) is 66.9 Å². The first kappa shape index (κ1) is 75.0. The zero-order valence-electron chi connectivity index (χ0n) is 71.5. The summed E-state index contributed by atoms with van der Waals surface area (Å²) < 4.78 is 9.66. The predicted molar refractivity (Wildman–Crippen MR) is 552 cm³/mol. The summed E-state index contributed by atoms with van der Waals surface area (Å²) in [7, 11) is 0. The predicted octanol–water partition coefficient (Wildman–Crippen LogP) is 32.2. The first-order valence-electron chi connectivity index (χ1n) is 45.3. The minimum atomic E-state index is 0. The third kappa shape index (κ3) is 11.1. The van der Waals surface area contributed by atoms with Crippen molar-refractivity contribution in [3.05, 3.63) is 437 Å². The molecule has 0 fully saturated rings. The first-order chi connectivity index (χ1) is 65.5. The zero-order chi connectivity index (χ0) is 86.1. The van der Waals surface area contributed by atoms with Gasteiger partial charge in [-0.25, -0.2) is 9.97 Å². The summed E-state index contributed by atoms with van der Waals surface area (Å²) in [5, 5.41) is 21.6. The number of para-hydroxylation sites is 8. The molecule has 0 saturated carbocycles. The van der Waals surface area contributed by atoms with Gasteiger partial charge in [0, 0.05) is 88.1 Å². The molecule has 20 aromatic carbocycles. The van der Waals surface area contributed by atoms with Gasteiger partial charge < -0.3 is 28.2 Å². The van der Waals surface area contributed by atoms with E-state index in [1.165, 1.54) is 0 Å². The van der Waals surface area contributed by atoms with Gasteiger partial charge in [-0.05, 0) is 279 Å². The molecule has 8 nitrogen and oxygen atoms in total. The van der Waals surface area contributed by atoms with Crippen LogP contribution < -0.4 is 9.97 Å². The van der Waals surface area contributed by atoms with Crippen LogP contribution in [-0.4, -0.2) is 28.2 Å². The number of rotatable bonds is 8. The molecule has 0 spiro atoms. The molecule has 8 bridgehead atoms. The Morgan fingerprint density at radius 3 is 0.571 bits per heavy atom. The molecule has 2 aliphatic heterocycles. The summed E-state index contributed by atoms with van der Waals surface area (Å²) in [6.45, 7) is 0. The van der Waals surface area contributed by atoms with E-state index in [0.29, 0.717) is 0 Å². The second-order valence-electron chi connectivity index (χ2n) is 35.4. The maximum absolute atomic E-state index is 6.68. The number of hydrogen-bond donors (Lipinski definition) is 0. The van der Waals surface area contributed by atoms with Crippen LogP contribution in [0, 0.1) is 0 Å². The van der Waals surface area contributed by atoms with E-state index >= 15 is 0 Å². The largest absolute Gasteiger partial charge is 2.00 e. The van der Waals surface area contributed by atoms with Crippen LogP contribution in [0.25, 0.3) is 286 Å². The van der Waals surface area contributed by atoms with Crippen molar-refractivity contribution in [1.29, 1.82) is 0 Å². The fourth-order valence-electron chi connectivity index (χ4n) is 22.5. The summed E-state index contributed by atoms with van der Waals surface area (Å²) in [6.07, 6.45) is 0. The van der Waals surface area contributed by atoms with Gasteiger partial charge in [0.1, 0.15) is 0 Å². The van der Waals surface area contributed by atoms with Crippen molar-refractivity contribution in [1.82, 2.24) is 38.2 Å². The summed E-state index contributed by atoms with van der Waals surface area (Å²) in [5.41, 5.74) is 30.8. The fraction of sp³-hybridized carbons (Fsp3) is 0. The number of fused-ring (bicyclic) bond motifs is 16. The Morgan fingerprint density at radius 2 is 0.346 bits per heavy atom. The normalized spacial score (nSPS) is 12.2. The van der Waals surface area contributed by atoms with Gasteiger partial charge in [0.2, 0.25) is 0 Å². The topological polar surface area (TPSA) is 73.7 Å². The number of hydrogen-bond acceptors (Lipinski definition) is 2. The zero-order valence-corrected chi connectivity index (χ0v) is 73.0. The molecule has 133 heavy (non-hydrogen) atoms. The number of nitrogens with zero attached hydrogens (tertiary/aromatic N) is 8. The average molecular weight is 1780 g/mol. The summed E-state index contributed by atoms with van der Waals surface area (Å²) in [4.78, 5) is 26.7. The molecule has 9 heteroatoms. The Balaban J connectivity index is 0.00000883. The first-order valence-corrected chi connectivity index (χ1v) is 45.3. The van der Waals surface area contributed by atoms with Crippen molar-refractivity contribution >= 4 is 174 Å². The van der Waals surface area contributed by atoms with E-state index in [4.69, 9.17) is 19.9 Å². The van der Waals surface area contributed by atoms with Gasteiger partial charge >= 0.3 is 20.4 Å². The number of benzene rings is 20. The van der Waals surface area contributed by atoms with E-state index in [1.807, 2.05) is 0 Å². The van der Waals surface area contributed by atoms with Gasteiger partial charge in [0.15, 0.2) is 0 Å². The van der Waals surface area contributed by atoms with Crippen LogP contribution in [0.4, 0.5) is 0 Å². The molecule has 29 rings (SSSR count). The van der Waals surface area contributed by atoms with Crippen LogP contribution >= 0.6 is 0 Å². The molecule has 3 aliphatic rings. The Labute approximate surface area is 775 Å². The van der Waals surface area contributed by atoms with E-state index < -0.39 is 0 Å². The maximum Gasteiger partial charge on any atom is 2.00 e. The van der Waals surface area contributed by atoms with Crippen molar-refractivity contribution in [3.8, 4) is 112 Å². The maximum atomic E-state index is 6.68. The third-order valence-corrected chi connectivity index (χ3v) is 28.3. The van der Waals surface area contributed by atoms with Crippen molar-refractivity contribution in [2.75, 3.05) is 0 Å².